The number of nitrogens with one attached hydrogen (secondary N) is 2. The highest BCUT2D eigenvalue weighted by molar-refractivity contribution is 6.35. The third-order valence-corrected chi connectivity index (χ3v) is 4.47. The number of benzene rings is 3. The highest BCUT2D eigenvalue weighted by Gasteiger charge is 2.01. The summed E-state index contributed by atoms with van der Waals surface area (Å²) in [7, 11) is 0. The lowest BCUT2D eigenvalue weighted by Crippen LogP contribution is -2.27. The highest BCUT2D eigenvalue weighted by Crippen LogP contribution is 2.23. The second-order valence-electron chi connectivity index (χ2n) is 5.74. The molecule has 0 unspecified atom stereocenters. The van der Waals surface area contributed by atoms with Gasteiger partial charge in [0.2, 0.25) is 5.91 Å². The Bertz CT molecular complexity index is 948. The van der Waals surface area contributed by atoms with Gasteiger partial charge in [0.1, 0.15) is 0 Å². The van der Waals surface area contributed by atoms with Gasteiger partial charge in [-0.25, -0.2) is 0 Å². The van der Waals surface area contributed by atoms with E-state index in [0.717, 1.165) is 11.3 Å². The second-order valence-corrected chi connectivity index (χ2v) is 6.59. The monoisotopic (exact) mass is 384 g/mol. The molecule has 0 aromatic heterocycles. The van der Waals surface area contributed by atoms with E-state index in [0.29, 0.717) is 23.1 Å². The zero-order chi connectivity index (χ0) is 18.4. The fourth-order valence-electron chi connectivity index (χ4n) is 2.62. The molecule has 3 nitrogen and oxygen atoms in total. The Balaban J connectivity index is 1.50. The summed E-state index contributed by atoms with van der Waals surface area (Å²) >= 11 is 11.9. The SMILES string of the molecule is O=C(/C=C/c1ccc(Cl)cc1Cl)NCCNc1cccc2ccccc12. The van der Waals surface area contributed by atoms with Gasteiger partial charge in [0.25, 0.3) is 0 Å². The maximum atomic E-state index is 11.9. The third kappa shape index (κ3) is 4.78. The van der Waals surface area contributed by atoms with Gasteiger partial charge in [-0.3, -0.25) is 4.79 Å². The molecule has 2 N–H and O–H groups in total. The normalized spacial score (nSPS) is 11.0. The lowest BCUT2D eigenvalue weighted by Gasteiger charge is -2.10. The Hall–Kier alpha value is -2.49. The van der Waals surface area contributed by atoms with E-state index in [1.807, 2.05) is 24.3 Å². The Labute approximate surface area is 162 Å². The van der Waals surface area contributed by atoms with E-state index in [9.17, 15) is 4.79 Å². The number of amides is 1. The minimum Gasteiger partial charge on any atom is -0.383 e. The van der Waals surface area contributed by atoms with Gasteiger partial charge in [0.05, 0.1) is 0 Å². The quantitative estimate of drug-likeness (QED) is 0.441. The van der Waals surface area contributed by atoms with Crippen molar-refractivity contribution in [2.24, 2.45) is 0 Å². The van der Waals surface area contributed by atoms with E-state index < -0.39 is 0 Å². The van der Waals surface area contributed by atoms with Crippen molar-refractivity contribution in [2.45, 2.75) is 0 Å². The highest BCUT2D eigenvalue weighted by atomic mass is 35.5. The minimum atomic E-state index is -0.171. The van der Waals surface area contributed by atoms with E-state index in [4.69, 9.17) is 23.2 Å². The largest absolute Gasteiger partial charge is 0.383 e. The van der Waals surface area contributed by atoms with Gasteiger partial charge in [-0.05, 0) is 35.2 Å². The van der Waals surface area contributed by atoms with Crippen molar-refractivity contribution >= 4 is 51.6 Å². The first-order valence-electron chi connectivity index (χ1n) is 8.26. The molecule has 0 bridgehead atoms. The van der Waals surface area contributed by atoms with E-state index in [-0.39, 0.29) is 5.91 Å². The Kier molecular flexibility index (Phi) is 6.16. The van der Waals surface area contributed by atoms with Crippen LogP contribution in [0.5, 0.6) is 0 Å². The molecule has 132 valence electrons. The summed E-state index contributed by atoms with van der Waals surface area (Å²) in [5.41, 5.74) is 1.81. The number of carbonyl (C=O) groups excluding carboxylic acids is 1. The molecule has 3 aromatic rings. The van der Waals surface area contributed by atoms with Crippen molar-refractivity contribution in [2.75, 3.05) is 18.4 Å². The molecule has 3 aromatic carbocycles. The lowest BCUT2D eigenvalue weighted by molar-refractivity contribution is -0.116. The molecule has 0 atom stereocenters. The molecule has 0 heterocycles. The van der Waals surface area contributed by atoms with Gasteiger partial charge in [0, 0.05) is 40.3 Å². The zero-order valence-electron chi connectivity index (χ0n) is 14.0. The van der Waals surface area contributed by atoms with Gasteiger partial charge in [-0.2, -0.15) is 0 Å². The van der Waals surface area contributed by atoms with Crippen LogP contribution in [0.1, 0.15) is 5.56 Å². The number of halogens is 2. The molecule has 3 rings (SSSR count). The van der Waals surface area contributed by atoms with Crippen LogP contribution >= 0.6 is 23.2 Å². The number of anilines is 1. The summed E-state index contributed by atoms with van der Waals surface area (Å²) in [5, 5.41) is 9.63. The molecule has 5 heteroatoms. The van der Waals surface area contributed by atoms with Crippen LogP contribution in [0.2, 0.25) is 10.0 Å². The molecule has 0 fully saturated rings. The topological polar surface area (TPSA) is 41.1 Å². The van der Waals surface area contributed by atoms with Gasteiger partial charge in [-0.15, -0.1) is 0 Å². The summed E-state index contributed by atoms with van der Waals surface area (Å²) in [6.45, 7) is 1.15. The molecular formula is C21H18Cl2N2O. The Morgan fingerprint density at radius 3 is 2.62 bits per heavy atom. The summed E-state index contributed by atoms with van der Waals surface area (Å²) in [6.07, 6.45) is 3.14. The predicted molar refractivity (Wildman–Crippen MR) is 111 cm³/mol. The van der Waals surface area contributed by atoms with Crippen LogP contribution in [0.15, 0.2) is 66.7 Å². The molecule has 0 spiro atoms. The maximum Gasteiger partial charge on any atom is 0.244 e. The smallest absolute Gasteiger partial charge is 0.244 e. The number of hydrogen-bond donors (Lipinski definition) is 2. The van der Waals surface area contributed by atoms with E-state index in [2.05, 4.69) is 28.8 Å². The van der Waals surface area contributed by atoms with Crippen LogP contribution in [0.25, 0.3) is 16.8 Å². The fourth-order valence-corrected chi connectivity index (χ4v) is 3.09. The molecule has 0 aliphatic heterocycles. The summed E-state index contributed by atoms with van der Waals surface area (Å²) < 4.78 is 0. The van der Waals surface area contributed by atoms with Crippen molar-refractivity contribution in [1.82, 2.24) is 5.32 Å². The van der Waals surface area contributed by atoms with E-state index >= 15 is 0 Å². The van der Waals surface area contributed by atoms with Crippen molar-refractivity contribution in [1.29, 1.82) is 0 Å². The summed E-state index contributed by atoms with van der Waals surface area (Å²) in [6, 6.07) is 19.5. The first-order valence-corrected chi connectivity index (χ1v) is 9.02. The first kappa shape index (κ1) is 18.3. The molecule has 0 radical (unpaired) electrons. The number of fused-ring (bicyclic) bond motifs is 1. The zero-order valence-corrected chi connectivity index (χ0v) is 15.5. The predicted octanol–water partition coefficient (Wildman–Crippen LogP) is 5.39. The fraction of sp³-hybridized carbons (Fsp3) is 0.0952. The lowest BCUT2D eigenvalue weighted by atomic mass is 10.1. The van der Waals surface area contributed by atoms with Crippen LogP contribution < -0.4 is 10.6 Å². The molecule has 0 saturated heterocycles. The average molecular weight is 385 g/mol. The number of hydrogen-bond acceptors (Lipinski definition) is 2. The average Bonchev–Trinajstić information content (AvgIpc) is 2.64. The molecule has 0 aliphatic rings. The van der Waals surface area contributed by atoms with Crippen molar-refractivity contribution in [3.63, 3.8) is 0 Å². The molecule has 26 heavy (non-hydrogen) atoms. The third-order valence-electron chi connectivity index (χ3n) is 3.91. The van der Waals surface area contributed by atoms with Crippen molar-refractivity contribution < 1.29 is 4.79 Å². The second kappa shape index (κ2) is 8.75. The maximum absolute atomic E-state index is 11.9. The molecular weight excluding hydrogens is 367 g/mol. The van der Waals surface area contributed by atoms with Gasteiger partial charge in [-0.1, -0.05) is 65.7 Å². The summed E-state index contributed by atoms with van der Waals surface area (Å²) in [4.78, 5) is 11.9. The van der Waals surface area contributed by atoms with Crippen molar-refractivity contribution in [3.05, 3.63) is 82.3 Å². The Morgan fingerprint density at radius 1 is 0.962 bits per heavy atom. The minimum absolute atomic E-state index is 0.171. The van der Waals surface area contributed by atoms with Crippen LogP contribution in [0.4, 0.5) is 5.69 Å². The number of rotatable bonds is 6. The van der Waals surface area contributed by atoms with Crippen LogP contribution in [0, 0.1) is 0 Å². The molecule has 0 aliphatic carbocycles. The van der Waals surface area contributed by atoms with Crippen LogP contribution in [0.3, 0.4) is 0 Å². The Morgan fingerprint density at radius 2 is 1.77 bits per heavy atom. The van der Waals surface area contributed by atoms with Gasteiger partial charge >= 0.3 is 0 Å². The van der Waals surface area contributed by atoms with E-state index in [1.165, 1.54) is 16.8 Å². The standard InChI is InChI=1S/C21H18Cl2N2O/c22-17-10-8-16(19(23)14-17)9-11-21(26)25-13-12-24-20-7-3-5-15-4-1-2-6-18(15)20/h1-11,14,24H,12-13H2,(H,25,26)/b11-9+. The molecule has 1 amide bonds. The van der Waals surface area contributed by atoms with Crippen LogP contribution in [-0.2, 0) is 4.79 Å². The van der Waals surface area contributed by atoms with Crippen LogP contribution in [-0.4, -0.2) is 19.0 Å². The number of carbonyl (C=O) groups is 1. The van der Waals surface area contributed by atoms with Gasteiger partial charge < -0.3 is 10.6 Å². The van der Waals surface area contributed by atoms with Crippen molar-refractivity contribution in [3.8, 4) is 0 Å². The van der Waals surface area contributed by atoms with Gasteiger partial charge in [0.15, 0.2) is 0 Å². The molecule has 0 saturated carbocycles. The summed E-state index contributed by atoms with van der Waals surface area (Å²) in [5.74, 6) is -0.171. The first-order chi connectivity index (χ1) is 12.6. The van der Waals surface area contributed by atoms with E-state index in [1.54, 1.807) is 24.3 Å².